The number of aryl methyl sites for hydroxylation is 2. The van der Waals surface area contributed by atoms with Crippen LogP contribution < -0.4 is 5.32 Å². The minimum absolute atomic E-state index is 0.130. The predicted molar refractivity (Wildman–Crippen MR) is 91.1 cm³/mol. The fourth-order valence-electron chi connectivity index (χ4n) is 3.03. The van der Waals surface area contributed by atoms with E-state index in [1.807, 2.05) is 13.8 Å². The number of anilines is 1. The van der Waals surface area contributed by atoms with Gasteiger partial charge in [0.15, 0.2) is 5.65 Å². The topological polar surface area (TPSA) is 114 Å². The van der Waals surface area contributed by atoms with Gasteiger partial charge in [-0.05, 0) is 43.2 Å². The number of fused-ring (bicyclic) bond motifs is 3. The van der Waals surface area contributed by atoms with Gasteiger partial charge in [-0.25, -0.2) is 13.9 Å². The van der Waals surface area contributed by atoms with Crippen LogP contribution in [-0.4, -0.2) is 41.1 Å². The molecule has 1 amide bonds. The van der Waals surface area contributed by atoms with Gasteiger partial charge in [-0.2, -0.15) is 10.3 Å². The van der Waals surface area contributed by atoms with Gasteiger partial charge in [0.25, 0.3) is 5.95 Å². The highest BCUT2D eigenvalue weighted by Crippen LogP contribution is 2.25. The van der Waals surface area contributed by atoms with Crippen molar-refractivity contribution in [2.24, 2.45) is 0 Å². The molecule has 0 unspecified atom stereocenters. The van der Waals surface area contributed by atoms with E-state index in [9.17, 15) is 9.18 Å². The van der Waals surface area contributed by atoms with Crippen LogP contribution in [-0.2, 0) is 11.2 Å². The van der Waals surface area contributed by atoms with Gasteiger partial charge in [-0.1, -0.05) is 11.2 Å². The summed E-state index contributed by atoms with van der Waals surface area (Å²) in [6, 6.07) is 4.77. The first kappa shape index (κ1) is 16.1. The molecule has 10 heteroatoms. The smallest absolute Gasteiger partial charge is 0.269 e. The Morgan fingerprint density at radius 2 is 2.19 bits per heavy atom. The number of amides is 1. The third-order valence-electron chi connectivity index (χ3n) is 4.29. The molecule has 0 fully saturated rings. The Hall–Kier alpha value is -3.43. The molecule has 132 valence electrons. The van der Waals surface area contributed by atoms with Crippen molar-refractivity contribution in [1.82, 2.24) is 35.2 Å². The number of hydrogen-bond donors (Lipinski definition) is 2. The molecule has 4 aromatic rings. The molecule has 1 aromatic carbocycles. The highest BCUT2D eigenvalue weighted by Gasteiger charge is 2.17. The quantitative estimate of drug-likeness (QED) is 0.577. The second kappa shape index (κ2) is 6.14. The van der Waals surface area contributed by atoms with Crippen LogP contribution in [0.15, 0.2) is 18.2 Å². The van der Waals surface area contributed by atoms with E-state index in [2.05, 4.69) is 36.0 Å². The van der Waals surface area contributed by atoms with Gasteiger partial charge < -0.3 is 0 Å². The molecule has 0 aliphatic carbocycles. The molecular weight excluding hydrogens is 339 g/mol. The summed E-state index contributed by atoms with van der Waals surface area (Å²) in [5.41, 5.74) is 3.50. The van der Waals surface area contributed by atoms with Gasteiger partial charge >= 0.3 is 0 Å². The van der Waals surface area contributed by atoms with Gasteiger partial charge in [-0.3, -0.25) is 10.1 Å². The fraction of sp³-hybridized carbons (Fsp3) is 0.250. The number of nitrogens with one attached hydrogen (secondary N) is 2. The van der Waals surface area contributed by atoms with Crippen LogP contribution in [0.5, 0.6) is 0 Å². The molecule has 3 aromatic heterocycles. The number of halogens is 1. The summed E-state index contributed by atoms with van der Waals surface area (Å²) < 4.78 is 15.8. The summed E-state index contributed by atoms with van der Waals surface area (Å²) in [6.45, 7) is 3.73. The Labute approximate surface area is 146 Å². The first-order valence-corrected chi connectivity index (χ1v) is 8.01. The highest BCUT2D eigenvalue weighted by molar-refractivity contribution is 5.93. The van der Waals surface area contributed by atoms with Crippen LogP contribution >= 0.6 is 0 Å². The minimum atomic E-state index is -0.351. The van der Waals surface area contributed by atoms with Crippen molar-refractivity contribution in [1.29, 1.82) is 0 Å². The average molecular weight is 354 g/mol. The number of rotatable bonds is 4. The summed E-state index contributed by atoms with van der Waals surface area (Å²) >= 11 is 0. The first-order chi connectivity index (χ1) is 12.5. The van der Waals surface area contributed by atoms with Crippen molar-refractivity contribution < 1.29 is 9.18 Å². The van der Waals surface area contributed by atoms with E-state index in [1.54, 1.807) is 16.6 Å². The van der Waals surface area contributed by atoms with E-state index < -0.39 is 0 Å². The molecule has 3 heterocycles. The van der Waals surface area contributed by atoms with E-state index >= 15 is 0 Å². The molecule has 9 nitrogen and oxygen atoms in total. The molecule has 4 rings (SSSR count). The molecule has 26 heavy (non-hydrogen) atoms. The lowest BCUT2D eigenvalue weighted by Gasteiger charge is -2.10. The van der Waals surface area contributed by atoms with Gasteiger partial charge in [0.1, 0.15) is 5.82 Å². The van der Waals surface area contributed by atoms with E-state index in [1.165, 1.54) is 6.07 Å². The molecule has 0 saturated heterocycles. The van der Waals surface area contributed by atoms with Gasteiger partial charge in [0.2, 0.25) is 5.91 Å². The molecule has 0 aliphatic heterocycles. The minimum Gasteiger partial charge on any atom is -0.292 e. The average Bonchev–Trinajstić information content (AvgIpc) is 3.23. The number of aromatic nitrogens is 7. The standard InChI is InChI=1S/C16H15FN8O/c1-8-10(6-7-13(26)19-16-20-23-24-21-16)9(2)25-15(18-8)14-11(17)4-3-5-12(14)22-25/h3-5H,6-7H2,1-2H3,(H2,19,20,21,23,24,26). The number of benzene rings is 1. The summed E-state index contributed by atoms with van der Waals surface area (Å²) in [6.07, 6.45) is 0.682. The Morgan fingerprint density at radius 3 is 2.96 bits per heavy atom. The second-order valence-corrected chi connectivity index (χ2v) is 5.91. The number of carbonyl (C=O) groups is 1. The number of aromatic amines is 1. The van der Waals surface area contributed by atoms with Gasteiger partial charge in [-0.15, -0.1) is 5.10 Å². The van der Waals surface area contributed by atoms with Crippen LogP contribution in [0.3, 0.4) is 0 Å². The molecule has 0 spiro atoms. The lowest BCUT2D eigenvalue weighted by Crippen LogP contribution is -2.15. The van der Waals surface area contributed by atoms with Gasteiger partial charge in [0.05, 0.1) is 10.9 Å². The maximum atomic E-state index is 14.2. The van der Waals surface area contributed by atoms with Gasteiger partial charge in [0, 0.05) is 17.8 Å². The van der Waals surface area contributed by atoms with Crippen LogP contribution in [0.25, 0.3) is 16.6 Å². The third kappa shape index (κ3) is 2.65. The maximum Gasteiger partial charge on any atom is 0.269 e. The number of tetrazole rings is 1. The van der Waals surface area contributed by atoms with Crippen molar-refractivity contribution >= 4 is 28.4 Å². The second-order valence-electron chi connectivity index (χ2n) is 5.91. The molecule has 0 atom stereocenters. The zero-order valence-electron chi connectivity index (χ0n) is 14.1. The largest absolute Gasteiger partial charge is 0.292 e. The van der Waals surface area contributed by atoms with Crippen molar-refractivity contribution in [3.8, 4) is 0 Å². The Morgan fingerprint density at radius 1 is 1.35 bits per heavy atom. The van der Waals surface area contributed by atoms with Crippen molar-refractivity contribution in [3.63, 3.8) is 0 Å². The van der Waals surface area contributed by atoms with Crippen molar-refractivity contribution in [2.45, 2.75) is 26.7 Å². The Kier molecular flexibility index (Phi) is 3.79. The summed E-state index contributed by atoms with van der Waals surface area (Å²) in [5.74, 6) is -0.455. The van der Waals surface area contributed by atoms with E-state index in [-0.39, 0.29) is 24.1 Å². The molecular formula is C16H15FN8O. The maximum absolute atomic E-state index is 14.2. The summed E-state index contributed by atoms with van der Waals surface area (Å²) in [5, 5.41) is 20.4. The summed E-state index contributed by atoms with van der Waals surface area (Å²) in [7, 11) is 0. The Bertz CT molecular complexity index is 1120. The predicted octanol–water partition coefficient (Wildman–Crippen LogP) is 1.72. The first-order valence-electron chi connectivity index (χ1n) is 8.01. The van der Waals surface area contributed by atoms with E-state index in [4.69, 9.17) is 0 Å². The SMILES string of the molecule is Cc1nc2c3c(F)cccc3nn2c(C)c1CCC(=O)Nc1nn[nH]n1. The number of hydrogen-bond acceptors (Lipinski definition) is 6. The summed E-state index contributed by atoms with van der Waals surface area (Å²) in [4.78, 5) is 16.6. The van der Waals surface area contributed by atoms with Crippen LogP contribution in [0.2, 0.25) is 0 Å². The van der Waals surface area contributed by atoms with E-state index in [0.717, 1.165) is 17.0 Å². The number of H-pyrrole nitrogens is 1. The van der Waals surface area contributed by atoms with Crippen LogP contribution in [0.4, 0.5) is 10.3 Å². The molecule has 0 saturated carbocycles. The fourth-order valence-corrected chi connectivity index (χ4v) is 3.03. The third-order valence-corrected chi connectivity index (χ3v) is 4.29. The lowest BCUT2D eigenvalue weighted by molar-refractivity contribution is -0.116. The molecule has 0 radical (unpaired) electrons. The van der Waals surface area contributed by atoms with E-state index in [0.29, 0.717) is 23.0 Å². The van der Waals surface area contributed by atoms with Crippen molar-refractivity contribution in [2.75, 3.05) is 5.32 Å². The monoisotopic (exact) mass is 354 g/mol. The lowest BCUT2D eigenvalue weighted by atomic mass is 10.1. The molecule has 0 aliphatic rings. The molecule has 2 N–H and O–H groups in total. The number of carbonyl (C=O) groups excluding carboxylic acids is 1. The highest BCUT2D eigenvalue weighted by atomic mass is 19.1. The zero-order chi connectivity index (χ0) is 18.3. The number of nitrogens with zero attached hydrogens (tertiary/aromatic N) is 6. The molecule has 0 bridgehead atoms. The Balaban J connectivity index is 1.66. The normalized spacial score (nSPS) is 11.3. The van der Waals surface area contributed by atoms with Crippen LogP contribution in [0, 0.1) is 19.7 Å². The zero-order valence-corrected chi connectivity index (χ0v) is 14.1. The van der Waals surface area contributed by atoms with Crippen molar-refractivity contribution in [3.05, 3.63) is 41.0 Å². The van der Waals surface area contributed by atoms with Crippen LogP contribution in [0.1, 0.15) is 23.4 Å².